The molecule has 0 radical (unpaired) electrons. The summed E-state index contributed by atoms with van der Waals surface area (Å²) in [4.78, 5) is 12.5. The lowest BCUT2D eigenvalue weighted by Crippen LogP contribution is -2.51. The van der Waals surface area contributed by atoms with Crippen LogP contribution in [-0.4, -0.2) is 15.6 Å². The summed E-state index contributed by atoms with van der Waals surface area (Å²) < 4.78 is 1.61. The summed E-state index contributed by atoms with van der Waals surface area (Å²) in [7, 11) is 1.77. The van der Waals surface area contributed by atoms with Crippen molar-refractivity contribution in [2.45, 2.75) is 39.0 Å². The number of allylic oxidation sites excluding steroid dienone is 2. The lowest BCUT2D eigenvalue weighted by Gasteiger charge is -2.49. The zero-order valence-electron chi connectivity index (χ0n) is 13.3. The van der Waals surface area contributed by atoms with Crippen LogP contribution in [-0.2, 0) is 23.7 Å². The third-order valence-electron chi connectivity index (χ3n) is 5.43. The summed E-state index contributed by atoms with van der Waals surface area (Å²) >= 11 is 0. The van der Waals surface area contributed by atoms with E-state index in [-0.39, 0.29) is 17.3 Å². The number of rotatable bonds is 0. The lowest BCUT2D eigenvalue weighted by molar-refractivity contribution is -0.128. The highest BCUT2D eigenvalue weighted by Gasteiger charge is 2.55. The highest BCUT2D eigenvalue weighted by atomic mass is 16.1. The van der Waals surface area contributed by atoms with E-state index in [2.05, 4.69) is 11.2 Å². The monoisotopic (exact) mass is 294 g/mol. The van der Waals surface area contributed by atoms with E-state index < -0.39 is 10.8 Å². The molecule has 0 N–H and O–H groups in total. The zero-order chi connectivity index (χ0) is 16.3. The van der Waals surface area contributed by atoms with Crippen molar-refractivity contribution in [2.24, 2.45) is 18.4 Å². The maximum atomic E-state index is 12.5. The van der Waals surface area contributed by atoms with Crippen LogP contribution >= 0.6 is 0 Å². The van der Waals surface area contributed by atoms with Gasteiger partial charge in [0.05, 0.1) is 11.3 Å². The Kier molecular flexibility index (Phi) is 2.84. The van der Waals surface area contributed by atoms with Crippen LogP contribution in [0.1, 0.15) is 44.1 Å². The Morgan fingerprint density at radius 2 is 2.00 bits per heavy atom. The molecule has 1 unspecified atom stereocenters. The van der Waals surface area contributed by atoms with Gasteiger partial charge in [0.2, 0.25) is 0 Å². The summed E-state index contributed by atoms with van der Waals surface area (Å²) in [5.41, 5.74) is 1.51. The van der Waals surface area contributed by atoms with Gasteiger partial charge in [-0.05, 0) is 18.8 Å². The van der Waals surface area contributed by atoms with E-state index in [1.54, 1.807) is 17.8 Å². The number of hydrogen-bond acceptors (Lipinski definition) is 4. The second-order valence-corrected chi connectivity index (χ2v) is 7.01. The Morgan fingerprint density at radius 1 is 1.32 bits per heavy atom. The molecule has 0 spiro atoms. The van der Waals surface area contributed by atoms with Crippen LogP contribution < -0.4 is 0 Å². The average molecular weight is 294 g/mol. The molecule has 5 heteroatoms. The summed E-state index contributed by atoms with van der Waals surface area (Å²) in [5, 5.41) is 23.3. The van der Waals surface area contributed by atoms with Gasteiger partial charge >= 0.3 is 0 Å². The van der Waals surface area contributed by atoms with Crippen LogP contribution in [0.25, 0.3) is 0 Å². The standard InChI is InChI=1S/C17H18N4O/c1-16(2)13-6-5-11-12(9-19)21(4)20-14(11)17(13,3)7-10(8-18)15(16)22/h7,13H,5-6H2,1-4H3/t13?,17-/m0/s1. The predicted molar refractivity (Wildman–Crippen MR) is 79.6 cm³/mol. The summed E-state index contributed by atoms with van der Waals surface area (Å²) in [6.45, 7) is 5.87. The third-order valence-corrected chi connectivity index (χ3v) is 5.43. The van der Waals surface area contributed by atoms with E-state index in [0.29, 0.717) is 5.69 Å². The van der Waals surface area contributed by atoms with Crippen molar-refractivity contribution in [3.63, 3.8) is 0 Å². The van der Waals surface area contributed by atoms with Crippen LogP contribution in [0.15, 0.2) is 11.6 Å². The number of ketones is 1. The minimum absolute atomic E-state index is 0.0820. The quantitative estimate of drug-likeness (QED) is 0.734. The molecule has 0 amide bonds. The van der Waals surface area contributed by atoms with Crippen molar-refractivity contribution in [2.75, 3.05) is 0 Å². The van der Waals surface area contributed by atoms with Gasteiger partial charge in [-0.1, -0.05) is 26.8 Å². The Hall–Kier alpha value is -2.40. The first-order chi connectivity index (χ1) is 10.3. The summed E-state index contributed by atoms with van der Waals surface area (Å²) in [5.74, 6) is -0.00379. The van der Waals surface area contributed by atoms with Crippen molar-refractivity contribution in [3.05, 3.63) is 28.6 Å². The first kappa shape index (κ1) is 14.5. The van der Waals surface area contributed by atoms with E-state index in [1.165, 1.54) is 0 Å². The van der Waals surface area contributed by atoms with E-state index in [4.69, 9.17) is 0 Å². The molecule has 0 aliphatic heterocycles. The largest absolute Gasteiger partial charge is 0.293 e. The van der Waals surface area contributed by atoms with E-state index >= 15 is 0 Å². The molecule has 112 valence electrons. The van der Waals surface area contributed by atoms with Gasteiger partial charge in [0, 0.05) is 23.4 Å². The van der Waals surface area contributed by atoms with Crippen LogP contribution in [0.5, 0.6) is 0 Å². The van der Waals surface area contributed by atoms with Gasteiger partial charge in [0.15, 0.2) is 5.78 Å². The second kappa shape index (κ2) is 4.30. The molecule has 1 aromatic heterocycles. The van der Waals surface area contributed by atoms with E-state index in [0.717, 1.165) is 24.1 Å². The predicted octanol–water partition coefficient (Wildman–Crippen LogP) is 2.17. The molecule has 22 heavy (non-hydrogen) atoms. The van der Waals surface area contributed by atoms with Crippen LogP contribution in [0.2, 0.25) is 0 Å². The number of nitriles is 2. The van der Waals surface area contributed by atoms with Crippen molar-refractivity contribution >= 4 is 5.78 Å². The molecule has 5 nitrogen and oxygen atoms in total. The number of hydrogen-bond donors (Lipinski definition) is 0. The number of carbonyl (C=O) groups excluding carboxylic acids is 1. The third kappa shape index (κ3) is 1.57. The maximum Gasteiger partial charge on any atom is 0.178 e. The molecule has 2 aliphatic rings. The van der Waals surface area contributed by atoms with Gasteiger partial charge in [-0.25, -0.2) is 0 Å². The Morgan fingerprint density at radius 3 is 2.59 bits per heavy atom. The van der Waals surface area contributed by atoms with Crippen LogP contribution in [0.4, 0.5) is 0 Å². The molecule has 0 aromatic carbocycles. The number of aromatic nitrogens is 2. The summed E-state index contributed by atoms with van der Waals surface area (Å²) in [6, 6.07) is 4.26. The molecule has 1 heterocycles. The number of fused-ring (bicyclic) bond motifs is 3. The molecular weight excluding hydrogens is 276 g/mol. The fourth-order valence-corrected chi connectivity index (χ4v) is 4.36. The fraction of sp³-hybridized carbons (Fsp3) is 0.529. The first-order valence-corrected chi connectivity index (χ1v) is 7.41. The molecular formula is C17H18N4O. The maximum absolute atomic E-state index is 12.5. The highest BCUT2D eigenvalue weighted by molar-refractivity contribution is 6.04. The average Bonchev–Trinajstić information content (AvgIpc) is 2.80. The Bertz CT molecular complexity index is 800. The summed E-state index contributed by atoms with van der Waals surface area (Å²) in [6.07, 6.45) is 3.34. The van der Waals surface area contributed by atoms with Gasteiger partial charge in [-0.2, -0.15) is 15.6 Å². The molecule has 3 rings (SSSR count). The zero-order valence-corrected chi connectivity index (χ0v) is 13.3. The Balaban J connectivity index is 2.32. The SMILES string of the molecule is Cn1nc2c(c1C#N)CCC1C(C)(C)C(=O)C(C#N)=C[C@]21C. The van der Waals surface area contributed by atoms with Crippen molar-refractivity contribution < 1.29 is 4.79 Å². The highest BCUT2D eigenvalue weighted by Crippen LogP contribution is 2.54. The van der Waals surface area contributed by atoms with Crippen molar-refractivity contribution in [1.82, 2.24) is 9.78 Å². The lowest BCUT2D eigenvalue weighted by atomic mass is 9.52. The second-order valence-electron chi connectivity index (χ2n) is 7.01. The molecule has 1 aromatic rings. The molecule has 0 saturated carbocycles. The molecule has 2 atom stereocenters. The molecule has 2 aliphatic carbocycles. The Labute approximate surface area is 129 Å². The number of Topliss-reactive ketones (excluding diaryl/α,β-unsaturated/α-hetero) is 1. The van der Waals surface area contributed by atoms with Gasteiger partial charge in [0.25, 0.3) is 0 Å². The number of aryl methyl sites for hydroxylation is 1. The molecule has 0 saturated heterocycles. The normalized spacial score (nSPS) is 28.9. The van der Waals surface area contributed by atoms with Gasteiger partial charge < -0.3 is 0 Å². The van der Waals surface area contributed by atoms with E-state index in [9.17, 15) is 15.3 Å². The topological polar surface area (TPSA) is 82.5 Å². The molecule has 0 bridgehead atoms. The van der Waals surface area contributed by atoms with Gasteiger partial charge in [0.1, 0.15) is 17.8 Å². The first-order valence-electron chi connectivity index (χ1n) is 7.41. The number of carbonyl (C=O) groups is 1. The van der Waals surface area contributed by atoms with E-state index in [1.807, 2.05) is 26.8 Å². The van der Waals surface area contributed by atoms with Crippen LogP contribution in [0.3, 0.4) is 0 Å². The fourth-order valence-electron chi connectivity index (χ4n) is 4.36. The molecule has 0 fully saturated rings. The van der Waals surface area contributed by atoms with Crippen molar-refractivity contribution in [1.29, 1.82) is 10.5 Å². The van der Waals surface area contributed by atoms with Gasteiger partial charge in [-0.15, -0.1) is 0 Å². The number of nitrogens with zero attached hydrogens (tertiary/aromatic N) is 4. The smallest absolute Gasteiger partial charge is 0.178 e. The van der Waals surface area contributed by atoms with Crippen LogP contribution in [0, 0.1) is 34.0 Å². The van der Waals surface area contributed by atoms with Gasteiger partial charge in [-0.3, -0.25) is 9.48 Å². The van der Waals surface area contributed by atoms with Crippen molar-refractivity contribution in [3.8, 4) is 12.1 Å². The minimum Gasteiger partial charge on any atom is -0.293 e. The minimum atomic E-state index is -0.601.